The molecule has 7 nitrogen and oxygen atoms in total. The van der Waals surface area contributed by atoms with E-state index in [2.05, 4.69) is 15.6 Å². The van der Waals surface area contributed by atoms with Crippen LogP contribution in [0.25, 0.3) is 0 Å². The molecule has 142 valence electrons. The summed E-state index contributed by atoms with van der Waals surface area (Å²) >= 11 is 11.9. The van der Waals surface area contributed by atoms with Gasteiger partial charge in [-0.15, -0.1) is 0 Å². The Kier molecular flexibility index (Phi) is 7.66. The molecule has 0 saturated heterocycles. The average molecular weight is 402 g/mol. The maximum atomic E-state index is 11.9. The highest BCUT2D eigenvalue weighted by molar-refractivity contribution is 6.37. The second-order valence-electron chi connectivity index (χ2n) is 6.16. The van der Waals surface area contributed by atoms with Gasteiger partial charge in [0.25, 0.3) is 5.91 Å². The number of anilines is 1. The summed E-state index contributed by atoms with van der Waals surface area (Å²) in [6.07, 6.45) is 6.26. The molecule has 9 heteroatoms. The van der Waals surface area contributed by atoms with Crippen molar-refractivity contribution >= 4 is 46.8 Å². The molecule has 2 N–H and O–H groups in total. The molecule has 26 heavy (non-hydrogen) atoms. The van der Waals surface area contributed by atoms with Crippen molar-refractivity contribution in [2.45, 2.75) is 39.0 Å². The molecule has 2 rings (SSSR count). The predicted octanol–water partition coefficient (Wildman–Crippen LogP) is 2.88. The van der Waals surface area contributed by atoms with E-state index < -0.39 is 18.5 Å². The molecule has 1 heterocycles. The van der Waals surface area contributed by atoms with E-state index in [-0.39, 0.29) is 29.2 Å². The molecule has 0 atom stereocenters. The smallest absolute Gasteiger partial charge is 0.325 e. The van der Waals surface area contributed by atoms with Crippen molar-refractivity contribution in [3.8, 4) is 0 Å². The Bertz CT molecular complexity index is 691. The van der Waals surface area contributed by atoms with E-state index in [1.165, 1.54) is 6.20 Å². The van der Waals surface area contributed by atoms with Crippen molar-refractivity contribution in [1.82, 2.24) is 10.3 Å². The molecule has 2 amide bonds. The summed E-state index contributed by atoms with van der Waals surface area (Å²) in [6.45, 7) is 0.927. The number of amides is 2. The fourth-order valence-electron chi connectivity index (χ4n) is 2.68. The summed E-state index contributed by atoms with van der Waals surface area (Å²) in [7, 11) is 0. The Morgan fingerprint density at radius 1 is 1.23 bits per heavy atom. The molecule has 0 unspecified atom stereocenters. The normalized spacial score (nSPS) is 14.6. The fourth-order valence-corrected chi connectivity index (χ4v) is 3.07. The molecule has 0 bridgehead atoms. The lowest BCUT2D eigenvalue weighted by molar-refractivity contribution is -0.147. The van der Waals surface area contributed by atoms with Crippen LogP contribution in [0.1, 0.15) is 37.7 Å². The number of carbonyl (C=O) groups is 3. The molecule has 0 spiro atoms. The number of ether oxygens (including phenoxy) is 1. The molecule has 0 radical (unpaired) electrons. The van der Waals surface area contributed by atoms with Crippen LogP contribution in [0.2, 0.25) is 10.0 Å². The van der Waals surface area contributed by atoms with E-state index in [4.69, 9.17) is 27.9 Å². The van der Waals surface area contributed by atoms with Crippen LogP contribution in [-0.2, 0) is 19.1 Å². The molecule has 1 aromatic rings. The van der Waals surface area contributed by atoms with Crippen LogP contribution in [-0.4, -0.2) is 35.9 Å². The van der Waals surface area contributed by atoms with Gasteiger partial charge in [-0.1, -0.05) is 42.5 Å². The van der Waals surface area contributed by atoms with Gasteiger partial charge in [-0.25, -0.2) is 4.98 Å². The minimum absolute atomic E-state index is 0.0405. The molecular formula is C17H21Cl2N3O4. The quantitative estimate of drug-likeness (QED) is 0.714. The van der Waals surface area contributed by atoms with E-state index >= 15 is 0 Å². The average Bonchev–Trinajstić information content (AvgIpc) is 2.65. The highest BCUT2D eigenvalue weighted by Crippen LogP contribution is 2.28. The maximum Gasteiger partial charge on any atom is 0.325 e. The van der Waals surface area contributed by atoms with Gasteiger partial charge in [-0.2, -0.15) is 0 Å². The lowest BCUT2D eigenvalue weighted by atomic mass is 9.89. The summed E-state index contributed by atoms with van der Waals surface area (Å²) < 4.78 is 4.84. The van der Waals surface area contributed by atoms with Crippen LogP contribution in [0, 0.1) is 12.8 Å². The zero-order valence-electron chi connectivity index (χ0n) is 14.4. The van der Waals surface area contributed by atoms with Crippen molar-refractivity contribution in [2.24, 2.45) is 5.92 Å². The van der Waals surface area contributed by atoms with Crippen molar-refractivity contribution < 1.29 is 19.1 Å². The minimum Gasteiger partial charge on any atom is -0.454 e. The molecule has 1 aliphatic carbocycles. The van der Waals surface area contributed by atoms with Gasteiger partial charge in [0.2, 0.25) is 5.91 Å². The number of carbonyl (C=O) groups excluding carboxylic acids is 3. The van der Waals surface area contributed by atoms with E-state index in [1.807, 2.05) is 0 Å². The van der Waals surface area contributed by atoms with E-state index in [1.54, 1.807) is 6.92 Å². The van der Waals surface area contributed by atoms with Gasteiger partial charge in [-0.3, -0.25) is 14.4 Å². The number of hydrogen-bond acceptors (Lipinski definition) is 5. The number of aromatic nitrogens is 1. The molecular weight excluding hydrogens is 381 g/mol. The predicted molar refractivity (Wildman–Crippen MR) is 98.2 cm³/mol. The third kappa shape index (κ3) is 5.85. The first kappa shape index (κ1) is 20.5. The first-order valence-corrected chi connectivity index (χ1v) is 9.18. The van der Waals surface area contributed by atoms with Gasteiger partial charge in [0.05, 0.1) is 10.0 Å². The second-order valence-corrected chi connectivity index (χ2v) is 6.94. The van der Waals surface area contributed by atoms with Crippen molar-refractivity contribution in [3.05, 3.63) is 21.8 Å². The number of esters is 1. The van der Waals surface area contributed by atoms with Crippen molar-refractivity contribution in [3.63, 3.8) is 0 Å². The van der Waals surface area contributed by atoms with Crippen LogP contribution in [0.4, 0.5) is 5.82 Å². The number of nitrogens with one attached hydrogen (secondary N) is 2. The second kappa shape index (κ2) is 9.73. The lowest BCUT2D eigenvalue weighted by Crippen LogP contribution is -2.36. The summed E-state index contributed by atoms with van der Waals surface area (Å²) in [4.78, 5) is 39.4. The Hall–Kier alpha value is -1.86. The van der Waals surface area contributed by atoms with E-state index in [0.717, 1.165) is 32.1 Å². The summed E-state index contributed by atoms with van der Waals surface area (Å²) in [5, 5.41) is 5.60. The van der Waals surface area contributed by atoms with Crippen LogP contribution < -0.4 is 10.6 Å². The third-order valence-corrected chi connectivity index (χ3v) is 5.05. The molecule has 1 fully saturated rings. The number of pyridine rings is 1. The van der Waals surface area contributed by atoms with E-state index in [0.29, 0.717) is 10.6 Å². The van der Waals surface area contributed by atoms with Gasteiger partial charge >= 0.3 is 5.97 Å². The Balaban J connectivity index is 1.72. The van der Waals surface area contributed by atoms with E-state index in [9.17, 15) is 14.4 Å². The molecule has 0 aliphatic heterocycles. The van der Waals surface area contributed by atoms with Gasteiger partial charge in [0.15, 0.2) is 12.4 Å². The maximum absolute atomic E-state index is 11.9. The van der Waals surface area contributed by atoms with Crippen LogP contribution in [0.3, 0.4) is 0 Å². The topological polar surface area (TPSA) is 97.4 Å². The van der Waals surface area contributed by atoms with Crippen molar-refractivity contribution in [2.75, 3.05) is 18.5 Å². The Morgan fingerprint density at radius 2 is 1.92 bits per heavy atom. The van der Waals surface area contributed by atoms with Gasteiger partial charge in [0, 0.05) is 12.1 Å². The number of halogens is 2. The largest absolute Gasteiger partial charge is 0.454 e. The van der Waals surface area contributed by atoms with Crippen LogP contribution >= 0.6 is 23.2 Å². The molecule has 0 aromatic carbocycles. The first-order chi connectivity index (χ1) is 12.4. The molecule has 1 saturated carbocycles. The number of nitrogens with zero attached hydrogens (tertiary/aromatic N) is 1. The molecule has 1 aliphatic rings. The zero-order valence-corrected chi connectivity index (χ0v) is 16.0. The Morgan fingerprint density at radius 3 is 2.62 bits per heavy atom. The van der Waals surface area contributed by atoms with Crippen molar-refractivity contribution in [1.29, 1.82) is 0 Å². The molecule has 1 aromatic heterocycles. The highest BCUT2D eigenvalue weighted by Gasteiger charge is 2.21. The Labute approximate surface area is 161 Å². The SMILES string of the molecule is Cc1c(Cl)cnc(NC(=O)COC(=O)CNC(=O)C2CCCCC2)c1Cl. The zero-order chi connectivity index (χ0) is 19.1. The fraction of sp³-hybridized carbons (Fsp3) is 0.529. The van der Waals surface area contributed by atoms with Gasteiger partial charge in [0.1, 0.15) is 6.54 Å². The first-order valence-electron chi connectivity index (χ1n) is 8.42. The summed E-state index contributed by atoms with van der Waals surface area (Å²) in [6, 6.07) is 0. The van der Waals surface area contributed by atoms with Crippen LogP contribution in [0.5, 0.6) is 0 Å². The van der Waals surface area contributed by atoms with Gasteiger partial charge in [-0.05, 0) is 25.3 Å². The standard InChI is InChI=1S/C17H21Cl2N3O4/c1-10-12(18)7-20-16(15(10)19)22-13(23)9-26-14(24)8-21-17(25)11-5-3-2-4-6-11/h7,11H,2-6,8-9H2,1H3,(H,21,25)(H,20,22,23). The van der Waals surface area contributed by atoms with Crippen LogP contribution in [0.15, 0.2) is 6.20 Å². The lowest BCUT2D eigenvalue weighted by Gasteiger charge is -2.20. The van der Waals surface area contributed by atoms with Gasteiger partial charge < -0.3 is 15.4 Å². The third-order valence-electron chi connectivity index (χ3n) is 4.21. The highest BCUT2D eigenvalue weighted by atomic mass is 35.5. The number of hydrogen-bond donors (Lipinski definition) is 2. The monoisotopic (exact) mass is 401 g/mol. The number of rotatable bonds is 6. The minimum atomic E-state index is -0.685. The summed E-state index contributed by atoms with van der Waals surface area (Å²) in [5.74, 6) is -1.32. The summed E-state index contributed by atoms with van der Waals surface area (Å²) in [5.41, 5.74) is 0.584.